The second-order valence-electron chi connectivity index (χ2n) is 9.29. The topological polar surface area (TPSA) is 58.6 Å². The number of nitrogens with zero attached hydrogens (tertiary/aromatic N) is 1. The summed E-state index contributed by atoms with van der Waals surface area (Å²) in [5.74, 6) is -3.74. The molecule has 1 N–H and O–H groups in total. The third-order valence-corrected chi connectivity index (χ3v) is 6.95. The van der Waals surface area contributed by atoms with E-state index in [1.165, 1.54) is 31.4 Å². The van der Waals surface area contributed by atoms with Gasteiger partial charge in [0, 0.05) is 35.9 Å². The predicted molar refractivity (Wildman–Crippen MR) is 143 cm³/mol. The number of anilines is 2. The molecule has 0 aromatic heterocycles. The Hall–Kier alpha value is -3.73. The van der Waals surface area contributed by atoms with Crippen LogP contribution in [0, 0.1) is 5.82 Å². The summed E-state index contributed by atoms with van der Waals surface area (Å²) < 4.78 is 155. The summed E-state index contributed by atoms with van der Waals surface area (Å²) in [6.45, 7) is -0.00830. The number of hydrogen-bond donors (Lipinski definition) is 1. The van der Waals surface area contributed by atoms with Gasteiger partial charge in [0.2, 0.25) is 0 Å². The number of methoxy groups -OCH3 is 1. The molecule has 2 amide bonds. The number of nitrogens with one attached hydrogen (secondary N) is 1. The number of ether oxygens (including phenoxy) is 1. The minimum absolute atomic E-state index is 0.115. The molecule has 0 fully saturated rings. The van der Waals surface area contributed by atoms with Gasteiger partial charge in [-0.2, -0.15) is 39.5 Å². The Labute approximate surface area is 256 Å². The molecule has 0 aliphatic rings. The van der Waals surface area contributed by atoms with Crippen LogP contribution in [0.1, 0.15) is 38.3 Å². The van der Waals surface area contributed by atoms with Crippen LogP contribution in [0.5, 0.6) is 0 Å². The number of carbonyl (C=O) groups is 2. The Kier molecular flexibility index (Phi) is 10.6. The van der Waals surface area contributed by atoms with Crippen LogP contribution in [0.4, 0.5) is 59.7 Å². The van der Waals surface area contributed by atoms with Crippen molar-refractivity contribution in [2.24, 2.45) is 0 Å². The predicted octanol–water partition coefficient (Wildman–Crippen LogP) is 8.83. The largest absolute Gasteiger partial charge is 0.435 e. The van der Waals surface area contributed by atoms with Crippen LogP contribution < -0.4 is 10.2 Å². The average Bonchev–Trinajstić information content (AvgIpc) is 2.94. The van der Waals surface area contributed by atoms with Gasteiger partial charge < -0.3 is 15.0 Å². The Morgan fingerprint density at radius 1 is 0.867 bits per heavy atom. The van der Waals surface area contributed by atoms with Crippen LogP contribution >= 0.6 is 15.9 Å². The first-order valence-corrected chi connectivity index (χ1v) is 13.2. The zero-order valence-electron chi connectivity index (χ0n) is 22.6. The van der Waals surface area contributed by atoms with Gasteiger partial charge in [-0.1, -0.05) is 24.3 Å². The molecule has 0 aliphatic carbocycles. The molecule has 0 atom stereocenters. The highest BCUT2D eigenvalue weighted by Crippen LogP contribution is 2.55. The van der Waals surface area contributed by atoms with Crippen molar-refractivity contribution in [1.29, 1.82) is 0 Å². The van der Waals surface area contributed by atoms with Gasteiger partial charge in [-0.25, -0.2) is 8.78 Å². The normalized spacial score (nSPS) is 12.6. The third kappa shape index (κ3) is 7.40. The van der Waals surface area contributed by atoms with Gasteiger partial charge in [-0.15, -0.1) is 0 Å². The second kappa shape index (κ2) is 13.3. The van der Waals surface area contributed by atoms with Gasteiger partial charge in [-0.3, -0.25) is 9.59 Å². The fourth-order valence-corrected chi connectivity index (χ4v) is 4.72. The number of carbonyl (C=O) groups excluding carboxylic acids is 2. The van der Waals surface area contributed by atoms with Gasteiger partial charge in [0.15, 0.2) is 5.82 Å². The Balaban J connectivity index is 2.11. The van der Waals surface area contributed by atoms with Crippen molar-refractivity contribution in [2.75, 3.05) is 30.5 Å². The van der Waals surface area contributed by atoms with Crippen molar-refractivity contribution in [3.63, 3.8) is 0 Å². The molecule has 244 valence electrons. The van der Waals surface area contributed by atoms with Crippen LogP contribution in [0.15, 0.2) is 65.1 Å². The van der Waals surface area contributed by atoms with Crippen molar-refractivity contribution < 1.29 is 62.6 Å². The number of hydrogen-bond acceptors (Lipinski definition) is 3. The van der Waals surface area contributed by atoms with Crippen LogP contribution in [-0.2, 0) is 16.6 Å². The number of benzene rings is 3. The molecule has 0 aliphatic heterocycles. The van der Waals surface area contributed by atoms with E-state index in [-0.39, 0.29) is 31.2 Å². The first-order chi connectivity index (χ1) is 20.8. The molecule has 3 rings (SSSR count). The molecule has 17 heteroatoms. The quantitative estimate of drug-likeness (QED) is 0.178. The minimum Gasteiger partial charge on any atom is -0.385 e. The Morgan fingerprint density at radius 2 is 1.47 bits per heavy atom. The van der Waals surface area contributed by atoms with Gasteiger partial charge in [0.1, 0.15) is 0 Å². The fourth-order valence-electron chi connectivity index (χ4n) is 4.16. The molecule has 5 nitrogen and oxygen atoms in total. The highest BCUT2D eigenvalue weighted by Gasteiger charge is 2.73. The molecular formula is C28H20BrF11N2O3. The molecule has 3 aromatic rings. The highest BCUT2D eigenvalue weighted by atomic mass is 79.9. The lowest BCUT2D eigenvalue weighted by Gasteiger charge is -2.31. The first-order valence-electron chi connectivity index (χ1n) is 12.4. The molecule has 0 bridgehead atoms. The number of alkyl halides is 10. The molecule has 45 heavy (non-hydrogen) atoms. The molecule has 0 saturated heterocycles. The lowest BCUT2D eigenvalue weighted by Crippen LogP contribution is -2.50. The smallest absolute Gasteiger partial charge is 0.385 e. The monoisotopic (exact) mass is 720 g/mol. The second-order valence-corrected chi connectivity index (χ2v) is 10.1. The van der Waals surface area contributed by atoms with Crippen molar-refractivity contribution in [3.8, 4) is 0 Å². The van der Waals surface area contributed by atoms with Crippen LogP contribution in [0.25, 0.3) is 0 Å². The van der Waals surface area contributed by atoms with Crippen molar-refractivity contribution >= 4 is 39.1 Å². The van der Waals surface area contributed by atoms with Gasteiger partial charge in [0.05, 0.1) is 22.5 Å². The maximum absolute atomic E-state index is 15.8. The van der Waals surface area contributed by atoms with Gasteiger partial charge >= 0.3 is 24.2 Å². The van der Waals surface area contributed by atoms with Gasteiger partial charge in [-0.05, 0) is 58.7 Å². The van der Waals surface area contributed by atoms with E-state index in [4.69, 9.17) is 4.74 Å². The molecule has 0 saturated carbocycles. The zero-order valence-corrected chi connectivity index (χ0v) is 24.2. The standard InChI is InChI=1S/C28H20BrF11N2O3/c1-45-12-6-11-42(24(44)15-7-3-2-4-8-15)20-10-5-9-17(21(20)30)23(43)41-22-18(26(32,33)34)13-16(14-19(22)29)25(31,27(35,36)37)28(38,39)40/h2-5,7-10,13-14H,6,11-12H2,1H3,(H,41,43). The van der Waals surface area contributed by atoms with E-state index in [2.05, 4.69) is 15.9 Å². The summed E-state index contributed by atoms with van der Waals surface area (Å²) >= 11 is 2.38. The van der Waals surface area contributed by atoms with E-state index in [9.17, 15) is 53.5 Å². The summed E-state index contributed by atoms with van der Waals surface area (Å²) in [5, 5.41) is 1.62. The summed E-state index contributed by atoms with van der Waals surface area (Å²) in [4.78, 5) is 27.2. The Morgan fingerprint density at radius 3 is 2.00 bits per heavy atom. The van der Waals surface area contributed by atoms with E-state index in [0.29, 0.717) is 0 Å². The summed E-state index contributed by atoms with van der Waals surface area (Å²) in [5.41, 5.74) is -13.7. The lowest BCUT2D eigenvalue weighted by atomic mass is 9.92. The molecule has 0 unspecified atom stereocenters. The first kappa shape index (κ1) is 35.7. The minimum atomic E-state index is -6.73. The molecular weight excluding hydrogens is 701 g/mol. The van der Waals surface area contributed by atoms with Gasteiger partial charge in [0.25, 0.3) is 11.8 Å². The zero-order chi connectivity index (χ0) is 34.0. The van der Waals surface area contributed by atoms with E-state index in [1.807, 2.05) is 0 Å². The van der Waals surface area contributed by atoms with Crippen LogP contribution in [0.2, 0.25) is 0 Å². The number of rotatable bonds is 9. The van der Waals surface area contributed by atoms with Crippen molar-refractivity contribution in [3.05, 3.63) is 93.2 Å². The molecule has 0 radical (unpaired) electrons. The summed E-state index contributed by atoms with van der Waals surface area (Å²) in [6.07, 6.45) is -19.0. The third-order valence-electron chi connectivity index (χ3n) is 6.32. The number of amides is 2. The Bertz CT molecular complexity index is 1530. The summed E-state index contributed by atoms with van der Waals surface area (Å²) in [7, 11) is 1.37. The maximum Gasteiger partial charge on any atom is 0.435 e. The SMILES string of the molecule is COCCCN(C(=O)c1ccccc1)c1cccc(C(=O)Nc2c(Br)cc(C(F)(C(F)(F)F)C(F)(F)F)cc2C(F)(F)F)c1F. The maximum atomic E-state index is 15.8. The van der Waals surface area contributed by atoms with E-state index < -0.39 is 80.4 Å². The average molecular weight is 721 g/mol. The van der Waals surface area contributed by atoms with E-state index >= 15 is 4.39 Å². The number of halogens is 12. The summed E-state index contributed by atoms with van der Waals surface area (Å²) in [6, 6.07) is 9.52. The fraction of sp³-hybridized carbons (Fsp3) is 0.286. The lowest BCUT2D eigenvalue weighted by molar-refractivity contribution is -0.348. The van der Waals surface area contributed by atoms with Crippen molar-refractivity contribution in [2.45, 2.75) is 30.6 Å². The van der Waals surface area contributed by atoms with E-state index in [0.717, 1.165) is 23.1 Å². The molecule has 0 heterocycles. The van der Waals surface area contributed by atoms with Crippen LogP contribution in [-0.4, -0.2) is 44.4 Å². The van der Waals surface area contributed by atoms with E-state index in [1.54, 1.807) is 11.4 Å². The molecule has 3 aromatic carbocycles. The highest BCUT2D eigenvalue weighted by molar-refractivity contribution is 9.10. The van der Waals surface area contributed by atoms with Crippen molar-refractivity contribution in [1.82, 2.24) is 0 Å². The molecule has 0 spiro atoms. The van der Waals surface area contributed by atoms with Crippen LogP contribution in [0.3, 0.4) is 0 Å².